The molecule has 2 heterocycles. The van der Waals surface area contributed by atoms with Crippen LogP contribution in [0.3, 0.4) is 0 Å². The smallest absolute Gasteiger partial charge is 0.257 e. The minimum absolute atomic E-state index is 0.0184. The Morgan fingerprint density at radius 1 is 1.59 bits per heavy atom. The fraction of sp³-hybridized carbons (Fsp3) is 0.500. The summed E-state index contributed by atoms with van der Waals surface area (Å²) in [5.74, 6) is -0.722. The van der Waals surface area contributed by atoms with Crippen LogP contribution in [0.15, 0.2) is 12.4 Å². The summed E-state index contributed by atoms with van der Waals surface area (Å²) in [6.45, 7) is 1.48. The van der Waals surface area contributed by atoms with Crippen molar-refractivity contribution in [3.63, 3.8) is 0 Å². The lowest BCUT2D eigenvalue weighted by atomic mass is 10.2. The molecule has 7 nitrogen and oxygen atoms in total. The number of primary amides is 1. The van der Waals surface area contributed by atoms with Crippen molar-refractivity contribution < 1.29 is 9.59 Å². The highest BCUT2D eigenvalue weighted by molar-refractivity contribution is 5.96. The van der Waals surface area contributed by atoms with Crippen molar-refractivity contribution in [2.24, 2.45) is 5.73 Å². The molecular formula is C10H15N5O2. The number of aromatic amines is 1. The van der Waals surface area contributed by atoms with Crippen LogP contribution in [0.2, 0.25) is 0 Å². The summed E-state index contributed by atoms with van der Waals surface area (Å²) in [5, 5.41) is 9.46. The molecule has 1 aliphatic heterocycles. The van der Waals surface area contributed by atoms with Crippen LogP contribution in [-0.4, -0.2) is 52.6 Å². The fourth-order valence-corrected chi connectivity index (χ4v) is 1.97. The molecule has 0 aliphatic carbocycles. The number of rotatable bonds is 4. The minimum atomic E-state index is -0.506. The van der Waals surface area contributed by atoms with E-state index >= 15 is 0 Å². The highest BCUT2D eigenvalue weighted by Crippen LogP contribution is 2.12. The highest BCUT2D eigenvalue weighted by atomic mass is 16.2. The normalized spacial score (nSPS) is 19.2. The Labute approximate surface area is 98.4 Å². The van der Waals surface area contributed by atoms with Gasteiger partial charge in [-0.3, -0.25) is 14.7 Å². The predicted octanol–water partition coefficient (Wildman–Crippen LogP) is -1.30. The lowest BCUT2D eigenvalue weighted by Gasteiger charge is -2.26. The molecule has 7 heteroatoms. The van der Waals surface area contributed by atoms with Gasteiger partial charge in [0.2, 0.25) is 5.91 Å². The SMILES string of the molecule is NC(=O)CN(C(=O)c1cn[nH]c1)C1CCNC1. The van der Waals surface area contributed by atoms with Gasteiger partial charge in [0, 0.05) is 18.8 Å². The van der Waals surface area contributed by atoms with E-state index in [1.54, 1.807) is 0 Å². The second-order valence-electron chi connectivity index (χ2n) is 4.03. The lowest BCUT2D eigenvalue weighted by Crippen LogP contribution is -2.46. The van der Waals surface area contributed by atoms with Gasteiger partial charge in [0.1, 0.15) is 0 Å². The van der Waals surface area contributed by atoms with E-state index in [9.17, 15) is 9.59 Å². The minimum Gasteiger partial charge on any atom is -0.368 e. The van der Waals surface area contributed by atoms with E-state index in [0.29, 0.717) is 12.1 Å². The van der Waals surface area contributed by atoms with Gasteiger partial charge < -0.3 is 16.0 Å². The van der Waals surface area contributed by atoms with Crippen LogP contribution < -0.4 is 11.1 Å². The first kappa shape index (κ1) is 11.6. The van der Waals surface area contributed by atoms with Crippen molar-refractivity contribution in [3.05, 3.63) is 18.0 Å². The van der Waals surface area contributed by atoms with Gasteiger partial charge >= 0.3 is 0 Å². The fourth-order valence-electron chi connectivity index (χ4n) is 1.97. The molecule has 1 aliphatic rings. The average Bonchev–Trinajstić information content (AvgIpc) is 2.96. The van der Waals surface area contributed by atoms with Crippen molar-refractivity contribution in [1.29, 1.82) is 0 Å². The Morgan fingerprint density at radius 3 is 2.94 bits per heavy atom. The number of carbonyl (C=O) groups is 2. The number of hydrogen-bond donors (Lipinski definition) is 3. The summed E-state index contributed by atoms with van der Waals surface area (Å²) < 4.78 is 0. The van der Waals surface area contributed by atoms with Crippen molar-refractivity contribution in [2.45, 2.75) is 12.5 Å². The summed E-state index contributed by atoms with van der Waals surface area (Å²) in [4.78, 5) is 24.7. The summed E-state index contributed by atoms with van der Waals surface area (Å²) in [6.07, 6.45) is 3.79. The first-order valence-electron chi connectivity index (χ1n) is 5.47. The Bertz CT molecular complexity index is 397. The molecule has 2 amide bonds. The zero-order valence-corrected chi connectivity index (χ0v) is 9.35. The molecule has 92 valence electrons. The van der Waals surface area contributed by atoms with Gasteiger partial charge in [-0.25, -0.2) is 0 Å². The predicted molar refractivity (Wildman–Crippen MR) is 60.1 cm³/mol. The molecule has 0 saturated carbocycles. The van der Waals surface area contributed by atoms with Crippen molar-refractivity contribution in [3.8, 4) is 0 Å². The first-order chi connectivity index (χ1) is 8.18. The molecule has 1 atom stereocenters. The van der Waals surface area contributed by atoms with E-state index in [0.717, 1.165) is 13.0 Å². The van der Waals surface area contributed by atoms with Crippen LogP contribution in [0, 0.1) is 0 Å². The number of carbonyl (C=O) groups excluding carboxylic acids is 2. The Hall–Kier alpha value is -1.89. The molecule has 1 saturated heterocycles. The number of hydrogen-bond acceptors (Lipinski definition) is 4. The molecule has 1 unspecified atom stereocenters. The number of nitrogens with one attached hydrogen (secondary N) is 2. The van der Waals surface area contributed by atoms with Gasteiger partial charge in [0.05, 0.1) is 18.3 Å². The maximum Gasteiger partial charge on any atom is 0.257 e. The molecule has 0 bridgehead atoms. The standard InChI is InChI=1S/C10H15N5O2/c11-9(16)6-15(8-1-2-12-5-8)10(17)7-3-13-14-4-7/h3-4,8,12H,1-2,5-6H2,(H2,11,16)(H,13,14). The van der Waals surface area contributed by atoms with Crippen LogP contribution in [0.1, 0.15) is 16.8 Å². The first-order valence-corrected chi connectivity index (χ1v) is 5.47. The quantitative estimate of drug-likeness (QED) is 0.605. The molecule has 0 aromatic carbocycles. The summed E-state index contributed by atoms with van der Waals surface area (Å²) in [5.41, 5.74) is 5.62. The van der Waals surface area contributed by atoms with Gasteiger partial charge in [-0.1, -0.05) is 0 Å². The molecule has 0 radical (unpaired) electrons. The number of nitrogens with zero attached hydrogens (tertiary/aromatic N) is 2. The van der Waals surface area contributed by atoms with Crippen LogP contribution in [-0.2, 0) is 4.79 Å². The van der Waals surface area contributed by atoms with Gasteiger partial charge in [0.15, 0.2) is 0 Å². The van der Waals surface area contributed by atoms with Gasteiger partial charge in [0.25, 0.3) is 5.91 Å². The number of aromatic nitrogens is 2. The van der Waals surface area contributed by atoms with Crippen LogP contribution >= 0.6 is 0 Å². The van der Waals surface area contributed by atoms with E-state index in [1.165, 1.54) is 17.3 Å². The van der Waals surface area contributed by atoms with Crippen LogP contribution in [0.4, 0.5) is 0 Å². The van der Waals surface area contributed by atoms with Gasteiger partial charge in [-0.15, -0.1) is 0 Å². The summed E-state index contributed by atoms with van der Waals surface area (Å²) in [6, 6.07) is 0.0184. The van der Waals surface area contributed by atoms with E-state index in [1.807, 2.05) is 0 Å². The molecule has 0 spiro atoms. The van der Waals surface area contributed by atoms with Crippen molar-refractivity contribution >= 4 is 11.8 Å². The molecule has 17 heavy (non-hydrogen) atoms. The second kappa shape index (κ2) is 4.96. The molecule has 4 N–H and O–H groups in total. The highest BCUT2D eigenvalue weighted by Gasteiger charge is 2.28. The number of amides is 2. The third-order valence-corrected chi connectivity index (χ3v) is 2.81. The summed E-state index contributed by atoms with van der Waals surface area (Å²) >= 11 is 0. The molecular weight excluding hydrogens is 222 g/mol. The molecule has 1 aromatic rings. The zero-order valence-electron chi connectivity index (χ0n) is 9.35. The van der Waals surface area contributed by atoms with Crippen molar-refractivity contribution in [1.82, 2.24) is 20.4 Å². The monoisotopic (exact) mass is 237 g/mol. The maximum absolute atomic E-state index is 12.2. The maximum atomic E-state index is 12.2. The van der Waals surface area contributed by atoms with Crippen LogP contribution in [0.25, 0.3) is 0 Å². The van der Waals surface area contributed by atoms with Gasteiger partial charge in [-0.05, 0) is 13.0 Å². The third kappa shape index (κ3) is 2.62. The van der Waals surface area contributed by atoms with Crippen molar-refractivity contribution in [2.75, 3.05) is 19.6 Å². The average molecular weight is 237 g/mol. The molecule has 1 aromatic heterocycles. The van der Waals surface area contributed by atoms with E-state index in [4.69, 9.17) is 5.73 Å². The van der Waals surface area contributed by atoms with Gasteiger partial charge in [-0.2, -0.15) is 5.10 Å². The Morgan fingerprint density at radius 2 is 2.41 bits per heavy atom. The topological polar surface area (TPSA) is 104 Å². The van der Waals surface area contributed by atoms with E-state index in [2.05, 4.69) is 15.5 Å². The Kier molecular flexibility index (Phi) is 3.38. The zero-order chi connectivity index (χ0) is 12.3. The second-order valence-corrected chi connectivity index (χ2v) is 4.03. The molecule has 1 fully saturated rings. The van der Waals surface area contributed by atoms with E-state index < -0.39 is 5.91 Å². The van der Waals surface area contributed by atoms with E-state index in [-0.39, 0.29) is 18.5 Å². The molecule has 2 rings (SSSR count). The summed E-state index contributed by atoms with van der Waals surface area (Å²) in [7, 11) is 0. The number of H-pyrrole nitrogens is 1. The number of nitrogens with two attached hydrogens (primary N) is 1. The largest absolute Gasteiger partial charge is 0.368 e. The lowest BCUT2D eigenvalue weighted by molar-refractivity contribution is -0.119. The van der Waals surface area contributed by atoms with Crippen LogP contribution in [0.5, 0.6) is 0 Å². The Balaban J connectivity index is 2.14. The third-order valence-electron chi connectivity index (χ3n) is 2.81.